The van der Waals surface area contributed by atoms with Gasteiger partial charge in [-0.05, 0) is 36.0 Å². The topological polar surface area (TPSA) is 76.7 Å². The van der Waals surface area contributed by atoms with Gasteiger partial charge < -0.3 is 9.47 Å². The normalized spacial score (nSPS) is 17.4. The summed E-state index contributed by atoms with van der Waals surface area (Å²) in [5, 5.41) is 4.77. The van der Waals surface area contributed by atoms with Gasteiger partial charge in [-0.25, -0.2) is 0 Å². The van der Waals surface area contributed by atoms with Gasteiger partial charge >= 0.3 is 0 Å². The van der Waals surface area contributed by atoms with Crippen LogP contribution in [0.4, 0.5) is 0 Å². The van der Waals surface area contributed by atoms with Crippen LogP contribution in [0.3, 0.4) is 0 Å². The number of hydrogen-bond donors (Lipinski definition) is 2. The Morgan fingerprint density at radius 2 is 1.70 bits per heavy atom. The lowest BCUT2D eigenvalue weighted by atomic mass is 10.1. The third-order valence-electron chi connectivity index (χ3n) is 2.82. The molecule has 102 valence electrons. The Bertz CT molecular complexity index is 632. The molecule has 0 atom stereocenters. The van der Waals surface area contributed by atoms with Gasteiger partial charge in [0.2, 0.25) is 0 Å². The van der Waals surface area contributed by atoms with Crippen molar-refractivity contribution in [2.45, 2.75) is 0 Å². The second-order valence-electron chi connectivity index (χ2n) is 4.20. The fourth-order valence-corrected chi connectivity index (χ4v) is 2.11. The minimum absolute atomic E-state index is 0.00437. The lowest BCUT2D eigenvalue weighted by Crippen LogP contribution is -2.51. The third-order valence-corrected chi connectivity index (χ3v) is 3.02. The molecule has 2 heterocycles. The largest absolute Gasteiger partial charge is 0.486 e. The zero-order valence-electron chi connectivity index (χ0n) is 10.3. The highest BCUT2D eigenvalue weighted by Crippen LogP contribution is 2.31. The number of ether oxygens (including phenoxy) is 2. The quantitative estimate of drug-likeness (QED) is 0.444. The number of carbonyl (C=O) groups excluding carboxylic acids is 2. The van der Waals surface area contributed by atoms with Crippen molar-refractivity contribution in [2.24, 2.45) is 0 Å². The summed E-state index contributed by atoms with van der Waals surface area (Å²) >= 11 is 4.73. The van der Waals surface area contributed by atoms with Crippen LogP contribution in [0, 0.1) is 0 Å². The smallest absolute Gasteiger partial charge is 0.263 e. The molecule has 0 aliphatic carbocycles. The maximum atomic E-state index is 11.7. The molecule has 0 bridgehead atoms. The van der Waals surface area contributed by atoms with Gasteiger partial charge in [0.15, 0.2) is 16.6 Å². The summed E-state index contributed by atoms with van der Waals surface area (Å²) in [6.45, 7) is 0.984. The van der Waals surface area contributed by atoms with E-state index in [0.717, 1.165) is 0 Å². The summed E-state index contributed by atoms with van der Waals surface area (Å²) in [5.74, 6) is 0.206. The minimum Gasteiger partial charge on any atom is -0.486 e. The van der Waals surface area contributed by atoms with Crippen molar-refractivity contribution < 1.29 is 19.1 Å². The summed E-state index contributed by atoms with van der Waals surface area (Å²) in [7, 11) is 0. The summed E-state index contributed by atoms with van der Waals surface area (Å²) in [6, 6.07) is 5.20. The molecule has 0 unspecified atom stereocenters. The lowest BCUT2D eigenvalue weighted by Gasteiger charge is -2.19. The fourth-order valence-electron chi connectivity index (χ4n) is 1.92. The molecule has 7 heteroatoms. The van der Waals surface area contributed by atoms with Crippen LogP contribution in [0.5, 0.6) is 11.5 Å². The summed E-state index contributed by atoms with van der Waals surface area (Å²) < 4.78 is 10.9. The van der Waals surface area contributed by atoms with Gasteiger partial charge in [0.1, 0.15) is 18.8 Å². The van der Waals surface area contributed by atoms with Crippen LogP contribution in [-0.4, -0.2) is 30.1 Å². The number of thiocarbonyl (C=S) groups is 1. The van der Waals surface area contributed by atoms with Crippen LogP contribution in [-0.2, 0) is 9.59 Å². The first-order chi connectivity index (χ1) is 9.63. The number of fused-ring (bicyclic) bond motifs is 1. The highest BCUT2D eigenvalue weighted by atomic mass is 32.1. The fraction of sp³-hybridized carbons (Fsp3) is 0.154. The Kier molecular flexibility index (Phi) is 3.11. The van der Waals surface area contributed by atoms with E-state index in [1.807, 2.05) is 0 Å². The molecule has 1 fully saturated rings. The molecule has 20 heavy (non-hydrogen) atoms. The van der Waals surface area contributed by atoms with Crippen molar-refractivity contribution in [3.63, 3.8) is 0 Å². The first-order valence-electron chi connectivity index (χ1n) is 5.91. The van der Waals surface area contributed by atoms with Crippen molar-refractivity contribution in [3.05, 3.63) is 29.3 Å². The zero-order chi connectivity index (χ0) is 14.1. The van der Waals surface area contributed by atoms with E-state index in [0.29, 0.717) is 30.3 Å². The molecule has 0 saturated carbocycles. The van der Waals surface area contributed by atoms with E-state index in [9.17, 15) is 9.59 Å². The van der Waals surface area contributed by atoms with E-state index in [1.165, 1.54) is 6.08 Å². The van der Waals surface area contributed by atoms with Crippen LogP contribution in [0.15, 0.2) is 23.8 Å². The molecule has 2 aliphatic rings. The molecule has 0 aromatic heterocycles. The van der Waals surface area contributed by atoms with E-state index >= 15 is 0 Å². The van der Waals surface area contributed by atoms with Crippen LogP contribution < -0.4 is 20.1 Å². The van der Waals surface area contributed by atoms with Crippen LogP contribution in [0.2, 0.25) is 0 Å². The molecule has 6 nitrogen and oxygen atoms in total. The number of hydrogen-bond acceptors (Lipinski definition) is 5. The standard InChI is InChI=1S/C13H10N2O4S/c16-11-8(12(17)15-13(20)14-11)5-7-1-2-9-10(6-7)19-4-3-18-9/h1-2,5-6H,3-4H2,(H2,14,15,16,17,20). The molecule has 1 aromatic rings. The zero-order valence-corrected chi connectivity index (χ0v) is 11.1. The molecule has 1 aromatic carbocycles. The number of amides is 2. The van der Waals surface area contributed by atoms with E-state index in [4.69, 9.17) is 21.7 Å². The highest BCUT2D eigenvalue weighted by Gasteiger charge is 2.25. The Morgan fingerprint density at radius 1 is 1.05 bits per heavy atom. The van der Waals surface area contributed by atoms with Crippen molar-refractivity contribution in [3.8, 4) is 11.5 Å². The van der Waals surface area contributed by atoms with E-state index in [2.05, 4.69) is 10.6 Å². The molecule has 1 saturated heterocycles. The maximum Gasteiger partial charge on any atom is 0.263 e. The van der Waals surface area contributed by atoms with Crippen molar-refractivity contribution in [1.82, 2.24) is 10.6 Å². The van der Waals surface area contributed by atoms with E-state index in [1.54, 1.807) is 18.2 Å². The van der Waals surface area contributed by atoms with Crippen LogP contribution in [0.1, 0.15) is 5.56 Å². The molecule has 3 rings (SSSR count). The number of carbonyl (C=O) groups is 2. The number of benzene rings is 1. The van der Waals surface area contributed by atoms with E-state index < -0.39 is 11.8 Å². The number of nitrogens with one attached hydrogen (secondary N) is 2. The second-order valence-corrected chi connectivity index (χ2v) is 4.61. The monoisotopic (exact) mass is 290 g/mol. The molecule has 2 N–H and O–H groups in total. The van der Waals surface area contributed by atoms with Gasteiger partial charge in [-0.15, -0.1) is 0 Å². The Balaban J connectivity index is 1.93. The predicted molar refractivity (Wildman–Crippen MR) is 74.3 cm³/mol. The molecule has 0 spiro atoms. The van der Waals surface area contributed by atoms with Gasteiger partial charge in [-0.2, -0.15) is 0 Å². The molecular formula is C13H10N2O4S. The van der Waals surface area contributed by atoms with Gasteiger partial charge in [0.05, 0.1) is 0 Å². The predicted octanol–water partition coefficient (Wildman–Crippen LogP) is 0.372. The van der Waals surface area contributed by atoms with E-state index in [-0.39, 0.29) is 10.7 Å². The summed E-state index contributed by atoms with van der Waals surface area (Å²) in [4.78, 5) is 23.4. The van der Waals surface area contributed by atoms with Gasteiger partial charge in [-0.1, -0.05) is 6.07 Å². The molecule has 2 amide bonds. The summed E-state index contributed by atoms with van der Waals surface area (Å²) in [5.41, 5.74) is 0.664. The molecule has 0 radical (unpaired) electrons. The van der Waals surface area contributed by atoms with Crippen molar-refractivity contribution in [2.75, 3.05) is 13.2 Å². The lowest BCUT2D eigenvalue weighted by molar-refractivity contribution is -0.123. The van der Waals surface area contributed by atoms with Crippen molar-refractivity contribution >= 4 is 35.2 Å². The van der Waals surface area contributed by atoms with Gasteiger partial charge in [-0.3, -0.25) is 20.2 Å². The first kappa shape index (κ1) is 12.6. The average molecular weight is 290 g/mol. The number of rotatable bonds is 1. The molecular weight excluding hydrogens is 280 g/mol. The SMILES string of the molecule is O=C1NC(=S)NC(=O)C1=Cc1ccc2c(c1)OCCO2. The Labute approximate surface area is 119 Å². The average Bonchev–Trinajstić information content (AvgIpc) is 2.42. The van der Waals surface area contributed by atoms with Crippen molar-refractivity contribution in [1.29, 1.82) is 0 Å². The molecule has 2 aliphatic heterocycles. The van der Waals surface area contributed by atoms with Crippen LogP contribution in [0.25, 0.3) is 6.08 Å². The second kappa shape index (κ2) is 4.93. The third kappa shape index (κ3) is 2.35. The minimum atomic E-state index is -0.520. The Hall–Kier alpha value is -2.41. The summed E-state index contributed by atoms with van der Waals surface area (Å²) in [6.07, 6.45) is 1.48. The highest BCUT2D eigenvalue weighted by molar-refractivity contribution is 7.80. The van der Waals surface area contributed by atoms with Crippen LogP contribution >= 0.6 is 12.2 Å². The van der Waals surface area contributed by atoms with Gasteiger partial charge in [0.25, 0.3) is 11.8 Å². The van der Waals surface area contributed by atoms with Gasteiger partial charge in [0, 0.05) is 0 Å². The maximum absolute atomic E-state index is 11.7. The first-order valence-corrected chi connectivity index (χ1v) is 6.32. The Morgan fingerprint density at radius 3 is 2.40 bits per heavy atom.